The van der Waals surface area contributed by atoms with E-state index < -0.39 is 0 Å². The van der Waals surface area contributed by atoms with E-state index in [-0.39, 0.29) is 11.7 Å². The van der Waals surface area contributed by atoms with Gasteiger partial charge in [0.15, 0.2) is 0 Å². The lowest BCUT2D eigenvalue weighted by atomic mass is 10.1. The van der Waals surface area contributed by atoms with E-state index in [0.29, 0.717) is 6.42 Å². The molecule has 0 amide bonds. The van der Waals surface area contributed by atoms with Crippen LogP contribution in [0.1, 0.15) is 18.5 Å². The number of carbonyl (C=O) groups is 1. The molecule has 0 atom stereocenters. The van der Waals surface area contributed by atoms with Crippen molar-refractivity contribution in [2.24, 2.45) is 13.0 Å². The Balaban J connectivity index is 1.69. The van der Waals surface area contributed by atoms with Crippen LogP contribution in [0.2, 0.25) is 0 Å². The second kappa shape index (κ2) is 4.98. The average molecular weight is 293 g/mol. The number of rotatable bonds is 4. The van der Waals surface area contributed by atoms with Crippen LogP contribution in [0.5, 0.6) is 0 Å². The molecule has 3 aromatic rings. The van der Waals surface area contributed by atoms with Gasteiger partial charge in [-0.2, -0.15) is 10.2 Å². The Morgan fingerprint density at radius 1 is 1.23 bits per heavy atom. The maximum Gasteiger partial charge on any atom is 0.141 e. The Kier molecular flexibility index (Phi) is 2.96. The van der Waals surface area contributed by atoms with Crippen molar-refractivity contribution in [3.8, 4) is 11.3 Å². The summed E-state index contributed by atoms with van der Waals surface area (Å²) in [6, 6.07) is 7.83. The molecule has 1 aliphatic carbocycles. The van der Waals surface area contributed by atoms with Gasteiger partial charge in [-0.25, -0.2) is 0 Å². The van der Waals surface area contributed by atoms with Gasteiger partial charge in [-0.05, 0) is 31.0 Å². The van der Waals surface area contributed by atoms with E-state index in [9.17, 15) is 4.79 Å². The fourth-order valence-electron chi connectivity index (χ4n) is 2.54. The summed E-state index contributed by atoms with van der Waals surface area (Å²) in [6.45, 7) is 0. The summed E-state index contributed by atoms with van der Waals surface area (Å²) >= 11 is 0. The van der Waals surface area contributed by atoms with Gasteiger partial charge in [0.05, 0.1) is 23.8 Å². The first-order valence-corrected chi connectivity index (χ1v) is 7.35. The number of benzene rings is 1. The van der Waals surface area contributed by atoms with Crippen LogP contribution in [-0.2, 0) is 18.3 Å². The average Bonchev–Trinajstić information content (AvgIpc) is 3.28. The van der Waals surface area contributed by atoms with Gasteiger partial charge in [0.1, 0.15) is 11.5 Å². The number of aryl methyl sites for hydroxylation is 1. The van der Waals surface area contributed by atoms with Crippen LogP contribution in [-0.4, -0.2) is 31.0 Å². The van der Waals surface area contributed by atoms with Crippen LogP contribution in [0.25, 0.3) is 22.2 Å². The zero-order valence-electron chi connectivity index (χ0n) is 12.2. The van der Waals surface area contributed by atoms with Gasteiger partial charge < -0.3 is 0 Å². The molecule has 0 aliphatic heterocycles. The topological polar surface area (TPSA) is 73.6 Å². The summed E-state index contributed by atoms with van der Waals surface area (Å²) in [4.78, 5) is 11.9. The molecule has 1 saturated carbocycles. The number of nitrogens with zero attached hydrogens (tertiary/aromatic N) is 5. The van der Waals surface area contributed by atoms with Crippen LogP contribution >= 0.6 is 0 Å². The fraction of sp³-hybridized carbons (Fsp3) is 0.312. The molecule has 6 heteroatoms. The minimum absolute atomic E-state index is 0.253. The largest absolute Gasteiger partial charge is 0.299 e. The summed E-state index contributed by atoms with van der Waals surface area (Å²) in [7, 11) is 1.84. The zero-order chi connectivity index (χ0) is 15.1. The molecule has 22 heavy (non-hydrogen) atoms. The number of aromatic nitrogens is 5. The SMILES string of the molecule is Cn1cc(-c2ccc3nnc(CC(=O)C4CC4)cc3c2)nn1. The second-order valence-electron chi connectivity index (χ2n) is 5.80. The number of hydrogen-bond donors (Lipinski definition) is 0. The number of fused-ring (bicyclic) bond motifs is 1. The fourth-order valence-corrected chi connectivity index (χ4v) is 2.54. The minimum Gasteiger partial charge on any atom is -0.299 e. The Labute approximate surface area is 127 Å². The highest BCUT2D eigenvalue weighted by Gasteiger charge is 2.29. The number of Topliss-reactive ketones (excluding diaryl/α,β-unsaturated/α-hetero) is 1. The van der Waals surface area contributed by atoms with Gasteiger partial charge in [0.2, 0.25) is 0 Å². The van der Waals surface area contributed by atoms with Gasteiger partial charge in [-0.3, -0.25) is 9.48 Å². The first kappa shape index (κ1) is 13.1. The lowest BCUT2D eigenvalue weighted by Crippen LogP contribution is -2.07. The Morgan fingerprint density at radius 2 is 2.09 bits per heavy atom. The van der Waals surface area contributed by atoms with Crippen LogP contribution < -0.4 is 0 Å². The summed E-state index contributed by atoms with van der Waals surface area (Å²) in [5, 5.41) is 17.4. The van der Waals surface area contributed by atoms with Gasteiger partial charge >= 0.3 is 0 Å². The molecular formula is C16H15N5O. The predicted molar refractivity (Wildman–Crippen MR) is 81.0 cm³/mol. The number of ketones is 1. The van der Waals surface area contributed by atoms with Crippen LogP contribution in [0, 0.1) is 5.92 Å². The first-order chi connectivity index (χ1) is 10.7. The standard InChI is InChI=1S/C16H15N5O/c1-21-9-15(19-20-21)11-4-5-14-12(6-11)7-13(17-18-14)8-16(22)10-2-3-10/h4-7,9-10H,2-3,8H2,1H3. The third-order valence-electron chi connectivity index (χ3n) is 3.92. The zero-order valence-corrected chi connectivity index (χ0v) is 12.2. The van der Waals surface area contributed by atoms with E-state index in [4.69, 9.17) is 0 Å². The Morgan fingerprint density at radius 3 is 2.82 bits per heavy atom. The van der Waals surface area contributed by atoms with Crippen LogP contribution in [0.3, 0.4) is 0 Å². The molecule has 0 saturated heterocycles. The molecule has 6 nitrogen and oxygen atoms in total. The summed E-state index contributed by atoms with van der Waals surface area (Å²) in [6.07, 6.45) is 4.30. The molecule has 1 aliphatic rings. The Hall–Kier alpha value is -2.63. The van der Waals surface area contributed by atoms with E-state index in [1.807, 2.05) is 37.5 Å². The number of hydrogen-bond acceptors (Lipinski definition) is 5. The van der Waals surface area contributed by atoms with E-state index in [1.165, 1.54) is 0 Å². The molecule has 0 spiro atoms. The van der Waals surface area contributed by atoms with Crippen molar-refractivity contribution in [2.45, 2.75) is 19.3 Å². The van der Waals surface area contributed by atoms with Crippen molar-refractivity contribution >= 4 is 16.7 Å². The number of carbonyl (C=O) groups excluding carboxylic acids is 1. The minimum atomic E-state index is 0.253. The smallest absolute Gasteiger partial charge is 0.141 e. The molecule has 4 rings (SSSR count). The molecule has 2 aromatic heterocycles. The third kappa shape index (κ3) is 2.47. The molecular weight excluding hydrogens is 278 g/mol. The molecule has 0 N–H and O–H groups in total. The molecule has 0 unspecified atom stereocenters. The second-order valence-corrected chi connectivity index (χ2v) is 5.80. The highest BCUT2D eigenvalue weighted by atomic mass is 16.1. The summed E-state index contributed by atoms with van der Waals surface area (Å²) in [5.41, 5.74) is 3.35. The molecule has 1 aromatic carbocycles. The highest BCUT2D eigenvalue weighted by molar-refractivity contribution is 5.87. The van der Waals surface area contributed by atoms with Crippen LogP contribution in [0.4, 0.5) is 0 Å². The first-order valence-electron chi connectivity index (χ1n) is 7.35. The van der Waals surface area contributed by atoms with E-state index in [1.54, 1.807) is 4.68 Å². The lowest BCUT2D eigenvalue weighted by Gasteiger charge is -2.03. The van der Waals surface area contributed by atoms with E-state index in [0.717, 1.165) is 40.7 Å². The molecule has 110 valence electrons. The normalized spacial score (nSPS) is 14.4. The summed E-state index contributed by atoms with van der Waals surface area (Å²) in [5.74, 6) is 0.530. The maximum atomic E-state index is 11.9. The van der Waals surface area contributed by atoms with Crippen molar-refractivity contribution in [1.82, 2.24) is 25.2 Å². The summed E-state index contributed by atoms with van der Waals surface area (Å²) < 4.78 is 1.67. The monoisotopic (exact) mass is 293 g/mol. The quantitative estimate of drug-likeness (QED) is 0.735. The van der Waals surface area contributed by atoms with Crippen molar-refractivity contribution in [1.29, 1.82) is 0 Å². The van der Waals surface area contributed by atoms with E-state index in [2.05, 4.69) is 20.5 Å². The van der Waals surface area contributed by atoms with E-state index >= 15 is 0 Å². The molecule has 0 radical (unpaired) electrons. The molecule has 2 heterocycles. The van der Waals surface area contributed by atoms with Crippen molar-refractivity contribution in [2.75, 3.05) is 0 Å². The third-order valence-corrected chi connectivity index (χ3v) is 3.92. The maximum absolute atomic E-state index is 11.9. The highest BCUT2D eigenvalue weighted by Crippen LogP contribution is 2.31. The van der Waals surface area contributed by atoms with Crippen molar-refractivity contribution in [3.63, 3.8) is 0 Å². The van der Waals surface area contributed by atoms with Gasteiger partial charge in [-0.1, -0.05) is 11.3 Å². The van der Waals surface area contributed by atoms with Gasteiger partial charge in [-0.15, -0.1) is 5.10 Å². The predicted octanol–water partition coefficient (Wildman–Crippen LogP) is 1.95. The van der Waals surface area contributed by atoms with Gasteiger partial charge in [0.25, 0.3) is 0 Å². The Bertz CT molecular complexity index is 866. The van der Waals surface area contributed by atoms with Crippen molar-refractivity contribution < 1.29 is 4.79 Å². The molecule has 1 fully saturated rings. The molecule has 0 bridgehead atoms. The van der Waals surface area contributed by atoms with Gasteiger partial charge in [0, 0.05) is 23.9 Å². The van der Waals surface area contributed by atoms with Crippen molar-refractivity contribution in [3.05, 3.63) is 36.2 Å². The lowest BCUT2D eigenvalue weighted by molar-refractivity contribution is -0.119. The van der Waals surface area contributed by atoms with Crippen LogP contribution in [0.15, 0.2) is 30.5 Å².